The van der Waals surface area contributed by atoms with Crippen molar-refractivity contribution in [1.29, 1.82) is 0 Å². The van der Waals surface area contributed by atoms with E-state index in [1.165, 1.54) is 6.26 Å². The summed E-state index contributed by atoms with van der Waals surface area (Å²) < 4.78 is 16.3. The first-order chi connectivity index (χ1) is 4.36. The summed E-state index contributed by atoms with van der Waals surface area (Å²) in [6.07, 6.45) is 1.36. The maximum atomic E-state index is 11.7. The minimum absolute atomic E-state index is 0.0930. The highest BCUT2D eigenvalue weighted by Gasteiger charge is 1.98. The SMILES string of the molecule is NCc1coc(CF)n1. The van der Waals surface area contributed by atoms with Crippen LogP contribution in [0.3, 0.4) is 0 Å². The van der Waals surface area contributed by atoms with Crippen molar-refractivity contribution in [3.63, 3.8) is 0 Å². The molecule has 2 N–H and O–H groups in total. The summed E-state index contributed by atoms with van der Waals surface area (Å²) >= 11 is 0. The first kappa shape index (κ1) is 6.22. The summed E-state index contributed by atoms with van der Waals surface area (Å²) in [5, 5.41) is 0. The molecule has 0 aromatic carbocycles. The summed E-state index contributed by atoms with van der Waals surface area (Å²) in [4.78, 5) is 3.68. The molecule has 1 heterocycles. The number of rotatable bonds is 2. The summed E-state index contributed by atoms with van der Waals surface area (Å²) in [5.41, 5.74) is 5.76. The number of nitrogens with zero attached hydrogens (tertiary/aromatic N) is 1. The van der Waals surface area contributed by atoms with Gasteiger partial charge in [-0.2, -0.15) is 0 Å². The molecule has 0 unspecified atom stereocenters. The third-order valence-corrected chi connectivity index (χ3v) is 0.923. The molecule has 1 aromatic heterocycles. The summed E-state index contributed by atoms with van der Waals surface area (Å²) in [5.74, 6) is 0.0930. The van der Waals surface area contributed by atoms with Gasteiger partial charge in [-0.15, -0.1) is 0 Å². The van der Waals surface area contributed by atoms with Gasteiger partial charge in [0, 0.05) is 6.54 Å². The Hall–Kier alpha value is -0.900. The van der Waals surface area contributed by atoms with Gasteiger partial charge in [-0.1, -0.05) is 0 Å². The summed E-state index contributed by atoms with van der Waals surface area (Å²) in [7, 11) is 0. The zero-order chi connectivity index (χ0) is 6.69. The Morgan fingerprint density at radius 2 is 2.56 bits per heavy atom. The van der Waals surface area contributed by atoms with Gasteiger partial charge in [0.2, 0.25) is 5.89 Å². The molecule has 3 nitrogen and oxygen atoms in total. The number of hydrogen-bond acceptors (Lipinski definition) is 3. The van der Waals surface area contributed by atoms with E-state index in [1.807, 2.05) is 0 Å². The molecule has 0 fully saturated rings. The number of oxazole rings is 1. The Balaban J connectivity index is 2.74. The predicted molar refractivity (Wildman–Crippen MR) is 29.2 cm³/mol. The molecule has 0 atom stereocenters. The molecule has 0 aliphatic heterocycles. The van der Waals surface area contributed by atoms with Crippen molar-refractivity contribution in [3.05, 3.63) is 17.8 Å². The Morgan fingerprint density at radius 3 is 2.89 bits per heavy atom. The van der Waals surface area contributed by atoms with Crippen LogP contribution in [0.4, 0.5) is 4.39 Å². The number of nitrogens with two attached hydrogens (primary N) is 1. The molecule has 0 aliphatic carbocycles. The number of halogens is 1. The Morgan fingerprint density at radius 1 is 1.78 bits per heavy atom. The lowest BCUT2D eigenvalue weighted by atomic mass is 10.5. The first-order valence-corrected chi connectivity index (χ1v) is 2.56. The number of aromatic nitrogens is 1. The van der Waals surface area contributed by atoms with Crippen LogP contribution < -0.4 is 5.73 Å². The van der Waals surface area contributed by atoms with Crippen molar-refractivity contribution in [2.24, 2.45) is 5.73 Å². The predicted octanol–water partition coefficient (Wildman–Crippen LogP) is 0.603. The van der Waals surface area contributed by atoms with E-state index < -0.39 is 6.67 Å². The molecule has 0 saturated heterocycles. The normalized spacial score (nSPS) is 10.0. The van der Waals surface area contributed by atoms with Crippen LogP contribution >= 0.6 is 0 Å². The Kier molecular flexibility index (Phi) is 1.79. The summed E-state index contributed by atoms with van der Waals surface area (Å²) in [6.45, 7) is -0.372. The second-order valence-corrected chi connectivity index (χ2v) is 1.57. The molecule has 0 radical (unpaired) electrons. The Bertz CT molecular complexity index is 168. The van der Waals surface area contributed by atoms with Gasteiger partial charge in [0.25, 0.3) is 0 Å². The molecule has 0 spiro atoms. The molecule has 0 amide bonds. The maximum Gasteiger partial charge on any atom is 0.225 e. The molecule has 1 rings (SSSR count). The van der Waals surface area contributed by atoms with E-state index in [4.69, 9.17) is 5.73 Å². The van der Waals surface area contributed by atoms with Gasteiger partial charge in [-0.3, -0.25) is 0 Å². The van der Waals surface area contributed by atoms with E-state index in [0.717, 1.165) is 0 Å². The first-order valence-electron chi connectivity index (χ1n) is 2.56. The van der Waals surface area contributed by atoms with E-state index in [2.05, 4.69) is 9.40 Å². The van der Waals surface area contributed by atoms with Gasteiger partial charge in [-0.25, -0.2) is 9.37 Å². The van der Waals surface area contributed by atoms with Crippen LogP contribution in [0.25, 0.3) is 0 Å². The van der Waals surface area contributed by atoms with Crippen LogP contribution in [-0.2, 0) is 13.2 Å². The van der Waals surface area contributed by atoms with Crippen molar-refractivity contribution in [2.75, 3.05) is 0 Å². The molecular weight excluding hydrogens is 123 g/mol. The van der Waals surface area contributed by atoms with E-state index in [0.29, 0.717) is 12.2 Å². The van der Waals surface area contributed by atoms with E-state index >= 15 is 0 Å². The average Bonchev–Trinajstić information content (AvgIpc) is 2.34. The van der Waals surface area contributed by atoms with Gasteiger partial charge >= 0.3 is 0 Å². The topological polar surface area (TPSA) is 52.0 Å². The molecule has 1 aromatic rings. The third kappa shape index (κ3) is 1.26. The fraction of sp³-hybridized carbons (Fsp3) is 0.400. The largest absolute Gasteiger partial charge is 0.446 e. The lowest BCUT2D eigenvalue weighted by molar-refractivity contribution is 0.380. The van der Waals surface area contributed by atoms with Crippen molar-refractivity contribution in [2.45, 2.75) is 13.2 Å². The maximum absolute atomic E-state index is 11.7. The van der Waals surface area contributed by atoms with Crippen molar-refractivity contribution >= 4 is 0 Å². The van der Waals surface area contributed by atoms with Gasteiger partial charge in [-0.05, 0) is 0 Å². The highest BCUT2D eigenvalue weighted by Crippen LogP contribution is 2.01. The molecule has 50 valence electrons. The highest BCUT2D eigenvalue weighted by molar-refractivity contribution is 4.94. The van der Waals surface area contributed by atoms with Crippen LogP contribution in [0, 0.1) is 0 Å². The molecule has 0 saturated carbocycles. The van der Waals surface area contributed by atoms with E-state index in [-0.39, 0.29) is 5.89 Å². The van der Waals surface area contributed by atoms with Crippen molar-refractivity contribution in [1.82, 2.24) is 4.98 Å². The number of alkyl halides is 1. The lowest BCUT2D eigenvalue weighted by Crippen LogP contribution is -1.95. The third-order valence-electron chi connectivity index (χ3n) is 0.923. The van der Waals surface area contributed by atoms with Gasteiger partial charge in [0.15, 0.2) is 6.67 Å². The molecular formula is C5H7FN2O. The lowest BCUT2D eigenvalue weighted by Gasteiger charge is -1.79. The summed E-state index contributed by atoms with van der Waals surface area (Å²) in [6, 6.07) is 0. The van der Waals surface area contributed by atoms with Gasteiger partial charge in [0.1, 0.15) is 6.26 Å². The quantitative estimate of drug-likeness (QED) is 0.637. The second kappa shape index (κ2) is 2.59. The Labute approximate surface area is 51.7 Å². The number of hydrogen-bond donors (Lipinski definition) is 1. The molecule has 0 aliphatic rings. The van der Waals surface area contributed by atoms with Crippen LogP contribution in [-0.4, -0.2) is 4.98 Å². The fourth-order valence-electron chi connectivity index (χ4n) is 0.504. The zero-order valence-electron chi connectivity index (χ0n) is 4.80. The molecule has 0 bridgehead atoms. The minimum Gasteiger partial charge on any atom is -0.446 e. The zero-order valence-corrected chi connectivity index (χ0v) is 4.80. The minimum atomic E-state index is -0.667. The van der Waals surface area contributed by atoms with Crippen LogP contribution in [0.1, 0.15) is 11.6 Å². The van der Waals surface area contributed by atoms with Crippen LogP contribution in [0.15, 0.2) is 10.7 Å². The monoisotopic (exact) mass is 130 g/mol. The highest BCUT2D eigenvalue weighted by atomic mass is 19.1. The van der Waals surface area contributed by atoms with Gasteiger partial charge in [0.05, 0.1) is 5.69 Å². The van der Waals surface area contributed by atoms with Crippen molar-refractivity contribution in [3.8, 4) is 0 Å². The van der Waals surface area contributed by atoms with Gasteiger partial charge < -0.3 is 10.2 Å². The van der Waals surface area contributed by atoms with E-state index in [1.54, 1.807) is 0 Å². The molecule has 9 heavy (non-hydrogen) atoms. The second-order valence-electron chi connectivity index (χ2n) is 1.57. The van der Waals surface area contributed by atoms with Crippen LogP contribution in [0.2, 0.25) is 0 Å². The van der Waals surface area contributed by atoms with Crippen molar-refractivity contribution < 1.29 is 8.81 Å². The van der Waals surface area contributed by atoms with E-state index in [9.17, 15) is 4.39 Å². The fourth-order valence-corrected chi connectivity index (χ4v) is 0.504. The smallest absolute Gasteiger partial charge is 0.225 e. The standard InChI is InChI=1S/C5H7FN2O/c6-1-5-8-4(2-7)3-9-5/h3H,1-2,7H2. The average molecular weight is 130 g/mol. The molecule has 4 heteroatoms. The van der Waals surface area contributed by atoms with Crippen LogP contribution in [0.5, 0.6) is 0 Å².